The van der Waals surface area contributed by atoms with Gasteiger partial charge in [0.25, 0.3) is 0 Å². The first-order valence-electron chi connectivity index (χ1n) is 9.71. The average molecular weight is 556 g/mol. The van der Waals surface area contributed by atoms with Crippen LogP contribution >= 0.6 is 39.1 Å². The fraction of sp³-hybridized carbons (Fsp3) is 0.174. The van der Waals surface area contributed by atoms with Crippen LogP contribution in [-0.2, 0) is 21.4 Å². The predicted octanol–water partition coefficient (Wildman–Crippen LogP) is 5.82. The summed E-state index contributed by atoms with van der Waals surface area (Å²) in [6.45, 7) is 1.42. The van der Waals surface area contributed by atoms with Crippen molar-refractivity contribution in [2.45, 2.75) is 24.4 Å². The number of halogens is 3. The van der Waals surface area contributed by atoms with Gasteiger partial charge in [0.05, 0.1) is 17.5 Å². The Morgan fingerprint density at radius 1 is 1.03 bits per heavy atom. The minimum atomic E-state index is -3.99. The summed E-state index contributed by atoms with van der Waals surface area (Å²) in [6, 6.07) is 20.0. The Kier molecular flexibility index (Phi) is 8.36. The van der Waals surface area contributed by atoms with Crippen molar-refractivity contribution in [1.29, 1.82) is 0 Å². The maximum absolute atomic E-state index is 13.3. The first-order chi connectivity index (χ1) is 15.2. The number of amides is 1. The van der Waals surface area contributed by atoms with E-state index in [4.69, 9.17) is 23.2 Å². The molecule has 0 aliphatic rings. The Bertz CT molecular complexity index is 1200. The van der Waals surface area contributed by atoms with Crippen LogP contribution in [0.4, 0.5) is 0 Å². The summed E-state index contributed by atoms with van der Waals surface area (Å²) in [5, 5.41) is 3.71. The van der Waals surface area contributed by atoms with Gasteiger partial charge in [0.15, 0.2) is 0 Å². The molecular weight excluding hydrogens is 535 g/mol. The second-order valence-corrected chi connectivity index (χ2v) is 10.9. The molecule has 0 aliphatic carbocycles. The zero-order chi connectivity index (χ0) is 23.3. The molecule has 5 nitrogen and oxygen atoms in total. The van der Waals surface area contributed by atoms with Gasteiger partial charge in [-0.25, -0.2) is 8.42 Å². The zero-order valence-electron chi connectivity index (χ0n) is 17.1. The number of rotatable bonds is 8. The third-order valence-electron chi connectivity index (χ3n) is 4.80. The Morgan fingerprint density at radius 3 is 2.38 bits per heavy atom. The summed E-state index contributed by atoms with van der Waals surface area (Å²) in [7, 11) is -3.99. The number of carbonyl (C=O) groups excluding carboxylic acids is 1. The average Bonchev–Trinajstić information content (AvgIpc) is 2.75. The molecule has 0 spiro atoms. The Balaban J connectivity index is 1.85. The monoisotopic (exact) mass is 554 g/mol. The Hall–Kier alpha value is -1.90. The maximum atomic E-state index is 13.3. The van der Waals surface area contributed by atoms with E-state index < -0.39 is 15.9 Å². The highest BCUT2D eigenvalue weighted by atomic mass is 79.9. The quantitative estimate of drug-likeness (QED) is 0.380. The Labute approximate surface area is 206 Å². The van der Waals surface area contributed by atoms with Crippen molar-refractivity contribution in [1.82, 2.24) is 9.62 Å². The lowest BCUT2D eigenvalue weighted by molar-refractivity contribution is -0.122. The number of carbonyl (C=O) groups is 1. The van der Waals surface area contributed by atoms with Crippen LogP contribution in [0.1, 0.15) is 24.1 Å². The molecule has 1 unspecified atom stereocenters. The van der Waals surface area contributed by atoms with Crippen LogP contribution in [0.5, 0.6) is 0 Å². The van der Waals surface area contributed by atoms with Crippen molar-refractivity contribution >= 4 is 55.1 Å². The molecule has 0 aromatic heterocycles. The van der Waals surface area contributed by atoms with Crippen LogP contribution in [0.2, 0.25) is 10.0 Å². The SMILES string of the molecule is CC(NC(=O)CN(Cc1ccccc1Cl)S(=O)(=O)c1ccc(Cl)cc1)c1cccc(Br)c1. The van der Waals surface area contributed by atoms with Crippen LogP contribution in [-0.4, -0.2) is 25.2 Å². The number of nitrogens with zero attached hydrogens (tertiary/aromatic N) is 1. The lowest BCUT2D eigenvalue weighted by Gasteiger charge is -2.24. The summed E-state index contributed by atoms with van der Waals surface area (Å²) in [6.07, 6.45) is 0. The molecule has 0 saturated heterocycles. The van der Waals surface area contributed by atoms with Crippen molar-refractivity contribution < 1.29 is 13.2 Å². The van der Waals surface area contributed by atoms with Gasteiger partial charge in [-0.3, -0.25) is 4.79 Å². The highest BCUT2D eigenvalue weighted by molar-refractivity contribution is 9.10. The highest BCUT2D eigenvalue weighted by Gasteiger charge is 2.28. The van der Waals surface area contributed by atoms with E-state index in [9.17, 15) is 13.2 Å². The van der Waals surface area contributed by atoms with Gasteiger partial charge in [-0.05, 0) is 60.5 Å². The van der Waals surface area contributed by atoms with E-state index in [0.29, 0.717) is 15.6 Å². The highest BCUT2D eigenvalue weighted by Crippen LogP contribution is 2.24. The van der Waals surface area contributed by atoms with E-state index in [-0.39, 0.29) is 24.0 Å². The molecule has 32 heavy (non-hydrogen) atoms. The van der Waals surface area contributed by atoms with Crippen molar-refractivity contribution in [2.24, 2.45) is 0 Å². The molecule has 168 valence electrons. The number of sulfonamides is 1. The van der Waals surface area contributed by atoms with Crippen molar-refractivity contribution in [3.8, 4) is 0 Å². The zero-order valence-corrected chi connectivity index (χ0v) is 21.0. The molecule has 3 aromatic rings. The second-order valence-electron chi connectivity index (χ2n) is 7.16. The van der Waals surface area contributed by atoms with Crippen molar-refractivity contribution in [3.63, 3.8) is 0 Å². The molecule has 0 heterocycles. The normalized spacial score (nSPS) is 12.5. The molecule has 0 saturated carbocycles. The third kappa shape index (κ3) is 6.33. The number of benzene rings is 3. The van der Waals surface area contributed by atoms with E-state index in [1.165, 1.54) is 24.3 Å². The van der Waals surface area contributed by atoms with Gasteiger partial charge in [-0.1, -0.05) is 69.5 Å². The molecule has 9 heteroatoms. The third-order valence-corrected chi connectivity index (χ3v) is 7.72. The standard InChI is InChI=1S/C23H21BrCl2N2O3S/c1-16(17-6-4-7-19(24)13-17)27-23(29)15-28(14-18-5-2-3-8-22(18)26)32(30,31)21-11-9-20(25)10-12-21/h2-13,16H,14-15H2,1H3,(H,27,29). The molecule has 0 fully saturated rings. The van der Waals surface area contributed by atoms with Crippen LogP contribution in [0.25, 0.3) is 0 Å². The van der Waals surface area contributed by atoms with E-state index in [0.717, 1.165) is 14.3 Å². The van der Waals surface area contributed by atoms with E-state index >= 15 is 0 Å². The maximum Gasteiger partial charge on any atom is 0.243 e. The molecule has 0 aliphatic heterocycles. The molecule has 1 amide bonds. The van der Waals surface area contributed by atoms with Crippen LogP contribution in [0.3, 0.4) is 0 Å². The molecule has 1 atom stereocenters. The van der Waals surface area contributed by atoms with Crippen LogP contribution in [0.15, 0.2) is 82.2 Å². The predicted molar refractivity (Wildman–Crippen MR) is 131 cm³/mol. The van der Waals surface area contributed by atoms with Gasteiger partial charge in [0.1, 0.15) is 0 Å². The lowest BCUT2D eigenvalue weighted by Crippen LogP contribution is -2.41. The number of hydrogen-bond donors (Lipinski definition) is 1. The lowest BCUT2D eigenvalue weighted by atomic mass is 10.1. The van der Waals surface area contributed by atoms with Gasteiger partial charge >= 0.3 is 0 Å². The summed E-state index contributed by atoms with van der Waals surface area (Å²) in [5.41, 5.74) is 1.49. The summed E-state index contributed by atoms with van der Waals surface area (Å²) >= 11 is 15.6. The molecule has 3 aromatic carbocycles. The molecule has 1 N–H and O–H groups in total. The topological polar surface area (TPSA) is 66.5 Å². The number of nitrogens with one attached hydrogen (secondary N) is 1. The number of hydrogen-bond acceptors (Lipinski definition) is 3. The van der Waals surface area contributed by atoms with Crippen molar-refractivity contribution in [3.05, 3.63) is 98.4 Å². The molecule has 3 rings (SSSR count). The second kappa shape index (κ2) is 10.8. The minimum Gasteiger partial charge on any atom is -0.348 e. The summed E-state index contributed by atoms with van der Waals surface area (Å²) in [5.74, 6) is -0.429. The largest absolute Gasteiger partial charge is 0.348 e. The summed E-state index contributed by atoms with van der Waals surface area (Å²) in [4.78, 5) is 12.9. The van der Waals surface area contributed by atoms with Crippen molar-refractivity contribution in [2.75, 3.05) is 6.54 Å². The molecule has 0 radical (unpaired) electrons. The molecular formula is C23H21BrCl2N2O3S. The van der Waals surface area contributed by atoms with Crippen LogP contribution < -0.4 is 5.32 Å². The first-order valence-corrected chi connectivity index (χ1v) is 12.7. The Morgan fingerprint density at radius 2 is 1.72 bits per heavy atom. The van der Waals surface area contributed by atoms with E-state index in [1.54, 1.807) is 24.3 Å². The summed E-state index contributed by atoms with van der Waals surface area (Å²) < 4.78 is 28.7. The van der Waals surface area contributed by atoms with Gasteiger partial charge in [0, 0.05) is 21.1 Å². The fourth-order valence-electron chi connectivity index (χ4n) is 3.10. The van der Waals surface area contributed by atoms with E-state index in [1.807, 2.05) is 31.2 Å². The smallest absolute Gasteiger partial charge is 0.243 e. The van der Waals surface area contributed by atoms with Gasteiger partial charge < -0.3 is 5.32 Å². The van der Waals surface area contributed by atoms with Gasteiger partial charge in [0.2, 0.25) is 15.9 Å². The van der Waals surface area contributed by atoms with Gasteiger partial charge in [-0.15, -0.1) is 0 Å². The van der Waals surface area contributed by atoms with Crippen LogP contribution in [0, 0.1) is 0 Å². The minimum absolute atomic E-state index is 0.0433. The first kappa shape index (κ1) is 24.7. The van der Waals surface area contributed by atoms with E-state index in [2.05, 4.69) is 21.2 Å². The molecule has 0 bridgehead atoms. The fourth-order valence-corrected chi connectivity index (χ4v) is 5.22. The van der Waals surface area contributed by atoms with Gasteiger partial charge in [-0.2, -0.15) is 4.31 Å².